The molecule has 0 saturated carbocycles. The maximum absolute atomic E-state index is 12.5. The molecule has 1 aromatic rings. The first-order valence-electron chi connectivity index (χ1n) is 5.90. The zero-order valence-corrected chi connectivity index (χ0v) is 13.7. The highest BCUT2D eigenvalue weighted by atomic mass is 79.9. The van der Waals surface area contributed by atoms with Gasteiger partial charge in [0.05, 0.1) is 11.4 Å². The summed E-state index contributed by atoms with van der Waals surface area (Å²) in [6.07, 6.45) is -2.45. The average molecular weight is 371 g/mol. The van der Waals surface area contributed by atoms with E-state index in [-0.39, 0.29) is 11.4 Å². The number of hydrogen-bond donors (Lipinski definition) is 0. The molecule has 4 nitrogen and oxygen atoms in total. The first kappa shape index (κ1) is 17.3. The lowest BCUT2D eigenvalue weighted by molar-refractivity contribution is 0.155. The highest BCUT2D eigenvalue weighted by Crippen LogP contribution is 2.20. The quantitative estimate of drug-likeness (QED) is 0.692. The van der Waals surface area contributed by atoms with E-state index in [4.69, 9.17) is 0 Å². The van der Waals surface area contributed by atoms with Gasteiger partial charge in [-0.3, -0.25) is 0 Å². The SMILES string of the molecule is CN(C)S(=O)(=O)c1ccc(N(CCBr)CC(F)F)cc1. The molecule has 1 aromatic carbocycles. The van der Waals surface area contributed by atoms with Crippen molar-refractivity contribution in [3.05, 3.63) is 24.3 Å². The molecule has 0 heterocycles. The average Bonchev–Trinajstić information content (AvgIpc) is 2.37. The van der Waals surface area contributed by atoms with E-state index in [1.54, 1.807) is 12.1 Å². The molecule has 0 radical (unpaired) electrons. The number of alkyl halides is 3. The molecule has 114 valence electrons. The van der Waals surface area contributed by atoms with Crippen LogP contribution in [0.5, 0.6) is 0 Å². The normalized spacial score (nSPS) is 12.2. The van der Waals surface area contributed by atoms with Crippen LogP contribution in [0.3, 0.4) is 0 Å². The van der Waals surface area contributed by atoms with E-state index >= 15 is 0 Å². The molecular weight excluding hydrogens is 354 g/mol. The lowest BCUT2D eigenvalue weighted by atomic mass is 10.3. The lowest BCUT2D eigenvalue weighted by Crippen LogP contribution is -2.30. The first-order chi connectivity index (χ1) is 9.28. The molecule has 0 aliphatic carbocycles. The summed E-state index contributed by atoms with van der Waals surface area (Å²) in [5, 5.41) is 0.553. The predicted octanol–water partition coefficient (Wildman–Crippen LogP) is 2.40. The zero-order chi connectivity index (χ0) is 15.3. The van der Waals surface area contributed by atoms with Crippen LogP contribution >= 0.6 is 15.9 Å². The van der Waals surface area contributed by atoms with E-state index in [0.29, 0.717) is 17.6 Å². The van der Waals surface area contributed by atoms with Gasteiger partial charge in [-0.15, -0.1) is 0 Å². The fourth-order valence-electron chi connectivity index (χ4n) is 1.63. The van der Waals surface area contributed by atoms with Crippen LogP contribution in [-0.4, -0.2) is 51.7 Å². The summed E-state index contributed by atoms with van der Waals surface area (Å²) in [5.74, 6) is 0. The Morgan fingerprint density at radius 1 is 1.20 bits per heavy atom. The highest BCUT2D eigenvalue weighted by molar-refractivity contribution is 9.09. The molecule has 20 heavy (non-hydrogen) atoms. The minimum absolute atomic E-state index is 0.141. The Bertz CT molecular complexity index is 521. The van der Waals surface area contributed by atoms with Crippen molar-refractivity contribution in [3.8, 4) is 0 Å². The second-order valence-corrected chi connectivity index (χ2v) is 7.25. The minimum atomic E-state index is -3.50. The Morgan fingerprint density at radius 2 is 1.75 bits per heavy atom. The van der Waals surface area contributed by atoms with Gasteiger partial charge in [-0.05, 0) is 24.3 Å². The molecule has 0 saturated heterocycles. The molecule has 0 amide bonds. The minimum Gasteiger partial charge on any atom is -0.365 e. The van der Waals surface area contributed by atoms with Crippen molar-refractivity contribution in [3.63, 3.8) is 0 Å². The summed E-state index contributed by atoms with van der Waals surface area (Å²) >= 11 is 3.21. The summed E-state index contributed by atoms with van der Waals surface area (Å²) in [4.78, 5) is 1.65. The van der Waals surface area contributed by atoms with Gasteiger partial charge in [0.1, 0.15) is 0 Å². The van der Waals surface area contributed by atoms with Crippen LogP contribution in [0.2, 0.25) is 0 Å². The van der Waals surface area contributed by atoms with Gasteiger partial charge in [-0.1, -0.05) is 15.9 Å². The van der Waals surface area contributed by atoms with E-state index in [1.165, 1.54) is 31.1 Å². The smallest absolute Gasteiger partial charge is 0.255 e. The summed E-state index contributed by atoms with van der Waals surface area (Å²) in [5.41, 5.74) is 0.572. The lowest BCUT2D eigenvalue weighted by Gasteiger charge is -2.23. The molecule has 0 aliphatic rings. The van der Waals surface area contributed by atoms with Crippen LogP contribution in [0.15, 0.2) is 29.2 Å². The molecule has 0 atom stereocenters. The Labute approximate surface area is 126 Å². The van der Waals surface area contributed by atoms with Crippen molar-refractivity contribution in [1.29, 1.82) is 0 Å². The Hall–Kier alpha value is -0.730. The summed E-state index contributed by atoms with van der Waals surface area (Å²) < 4.78 is 49.9. The highest BCUT2D eigenvalue weighted by Gasteiger charge is 2.18. The topological polar surface area (TPSA) is 40.6 Å². The second kappa shape index (κ2) is 7.33. The molecule has 0 fully saturated rings. The summed E-state index contributed by atoms with van der Waals surface area (Å²) in [7, 11) is -0.614. The van der Waals surface area contributed by atoms with Crippen molar-refractivity contribution >= 4 is 31.6 Å². The number of anilines is 1. The number of sulfonamides is 1. The molecule has 8 heteroatoms. The Morgan fingerprint density at radius 3 is 2.15 bits per heavy atom. The number of hydrogen-bond acceptors (Lipinski definition) is 3. The van der Waals surface area contributed by atoms with Gasteiger partial charge in [-0.2, -0.15) is 0 Å². The molecule has 0 bridgehead atoms. The Balaban J connectivity index is 2.99. The summed E-state index contributed by atoms with van der Waals surface area (Å²) in [6, 6.07) is 5.94. The van der Waals surface area contributed by atoms with Crippen LogP contribution in [0.1, 0.15) is 0 Å². The van der Waals surface area contributed by atoms with E-state index in [0.717, 1.165) is 4.31 Å². The van der Waals surface area contributed by atoms with Crippen molar-refractivity contribution in [2.24, 2.45) is 0 Å². The standard InChI is InChI=1S/C12H17BrF2N2O2S/c1-16(2)20(18,19)11-5-3-10(4-6-11)17(8-7-13)9-12(14)15/h3-6,12H,7-9H2,1-2H3. The first-order valence-corrected chi connectivity index (χ1v) is 8.47. The van der Waals surface area contributed by atoms with Crippen molar-refractivity contribution in [1.82, 2.24) is 4.31 Å². The van der Waals surface area contributed by atoms with E-state index < -0.39 is 16.4 Å². The van der Waals surface area contributed by atoms with Gasteiger partial charge in [-0.25, -0.2) is 21.5 Å². The largest absolute Gasteiger partial charge is 0.365 e. The number of halogens is 3. The third-order valence-corrected chi connectivity index (χ3v) is 4.88. The van der Waals surface area contributed by atoms with Gasteiger partial charge in [0, 0.05) is 31.7 Å². The van der Waals surface area contributed by atoms with Gasteiger partial charge < -0.3 is 4.90 Å². The van der Waals surface area contributed by atoms with Gasteiger partial charge >= 0.3 is 0 Å². The van der Waals surface area contributed by atoms with Crippen LogP contribution < -0.4 is 4.90 Å². The van der Waals surface area contributed by atoms with Crippen LogP contribution in [0.4, 0.5) is 14.5 Å². The molecule has 0 aliphatic heterocycles. The second-order valence-electron chi connectivity index (χ2n) is 4.31. The number of nitrogens with zero attached hydrogens (tertiary/aromatic N) is 2. The van der Waals surface area contributed by atoms with Crippen molar-refractivity contribution in [2.75, 3.05) is 37.4 Å². The fourth-order valence-corrected chi connectivity index (χ4v) is 2.96. The molecule has 0 N–H and O–H groups in total. The van der Waals surface area contributed by atoms with Crippen LogP contribution in [0, 0.1) is 0 Å². The van der Waals surface area contributed by atoms with Crippen LogP contribution in [0.25, 0.3) is 0 Å². The van der Waals surface area contributed by atoms with Gasteiger partial charge in [0.2, 0.25) is 10.0 Å². The van der Waals surface area contributed by atoms with E-state index in [1.807, 2.05) is 0 Å². The molecule has 0 aromatic heterocycles. The number of benzene rings is 1. The maximum atomic E-state index is 12.5. The molecule has 0 spiro atoms. The van der Waals surface area contributed by atoms with E-state index in [9.17, 15) is 17.2 Å². The van der Waals surface area contributed by atoms with Crippen molar-refractivity contribution < 1.29 is 17.2 Å². The number of rotatable bonds is 7. The molecule has 0 unspecified atom stereocenters. The fraction of sp³-hybridized carbons (Fsp3) is 0.500. The monoisotopic (exact) mass is 370 g/mol. The summed E-state index contributed by atoms with van der Waals surface area (Å²) in [6.45, 7) is 0.0372. The zero-order valence-electron chi connectivity index (χ0n) is 11.3. The predicted molar refractivity (Wildman–Crippen MR) is 79.3 cm³/mol. The van der Waals surface area contributed by atoms with Crippen LogP contribution in [-0.2, 0) is 10.0 Å². The molecular formula is C12H17BrF2N2O2S. The molecule has 1 rings (SSSR count). The maximum Gasteiger partial charge on any atom is 0.255 e. The van der Waals surface area contributed by atoms with Crippen molar-refractivity contribution in [2.45, 2.75) is 11.3 Å². The van der Waals surface area contributed by atoms with Gasteiger partial charge in [0.15, 0.2) is 0 Å². The van der Waals surface area contributed by atoms with Gasteiger partial charge in [0.25, 0.3) is 6.43 Å². The van der Waals surface area contributed by atoms with E-state index in [2.05, 4.69) is 15.9 Å². The third-order valence-electron chi connectivity index (χ3n) is 2.69. The third kappa shape index (κ3) is 4.39. The Kier molecular flexibility index (Phi) is 6.35.